The van der Waals surface area contributed by atoms with E-state index in [1.54, 1.807) is 0 Å². The summed E-state index contributed by atoms with van der Waals surface area (Å²) < 4.78 is 1.88. The van der Waals surface area contributed by atoms with Gasteiger partial charge in [0.1, 0.15) is 0 Å². The van der Waals surface area contributed by atoms with Crippen LogP contribution in [0.1, 0.15) is 57.7 Å². The van der Waals surface area contributed by atoms with Crippen LogP contribution < -0.4 is 0 Å². The highest BCUT2D eigenvalue weighted by molar-refractivity contribution is 6.11. The molecule has 5 nitrogen and oxygen atoms in total. The Balaban J connectivity index is 1.31. The second kappa shape index (κ2) is 8.19. The van der Waals surface area contributed by atoms with Gasteiger partial charge in [0.2, 0.25) is 5.91 Å². The highest BCUT2D eigenvalue weighted by atomic mass is 16.2. The standard InChI is InChI=1S/C27H31N3O2/c1-17-22(18(2)29(3)28-17)13-14-25(31)30-15-5-7-21(16-30)27(32)24-12-11-20-10-9-19-6-4-8-23(24)26(19)20/h4,6,8,11-12,21H,5,7,9-10,13-16H2,1-3H3/t21-/m1/s1. The summed E-state index contributed by atoms with van der Waals surface area (Å²) in [5.41, 5.74) is 6.82. The van der Waals surface area contributed by atoms with E-state index in [1.165, 1.54) is 22.1 Å². The Kier molecular flexibility index (Phi) is 5.36. The van der Waals surface area contributed by atoms with Crippen LogP contribution in [0.25, 0.3) is 10.8 Å². The molecule has 5 rings (SSSR count). The Morgan fingerprint density at radius 2 is 1.88 bits per heavy atom. The number of aromatic nitrogens is 2. The van der Waals surface area contributed by atoms with Crippen LogP contribution in [0.5, 0.6) is 0 Å². The lowest BCUT2D eigenvalue weighted by Gasteiger charge is -2.32. The number of hydrogen-bond acceptors (Lipinski definition) is 3. The van der Waals surface area contributed by atoms with Crippen molar-refractivity contribution in [3.8, 4) is 0 Å². The third-order valence-corrected chi connectivity index (χ3v) is 7.53. The molecule has 1 aliphatic heterocycles. The number of hydrogen-bond donors (Lipinski definition) is 0. The van der Waals surface area contributed by atoms with Crippen LogP contribution in [0.2, 0.25) is 0 Å². The molecule has 166 valence electrons. The predicted octanol–water partition coefficient (Wildman–Crippen LogP) is 4.34. The van der Waals surface area contributed by atoms with Gasteiger partial charge in [0.25, 0.3) is 0 Å². The summed E-state index contributed by atoms with van der Waals surface area (Å²) in [6, 6.07) is 10.5. The first-order chi connectivity index (χ1) is 15.4. The quantitative estimate of drug-likeness (QED) is 0.567. The fourth-order valence-electron chi connectivity index (χ4n) is 5.67. The molecule has 0 spiro atoms. The Hall–Kier alpha value is -2.95. The summed E-state index contributed by atoms with van der Waals surface area (Å²) in [6.45, 7) is 5.33. The number of carbonyl (C=O) groups is 2. The maximum Gasteiger partial charge on any atom is 0.222 e. The third-order valence-electron chi connectivity index (χ3n) is 7.53. The van der Waals surface area contributed by atoms with Crippen molar-refractivity contribution in [3.05, 3.63) is 64.0 Å². The maximum atomic E-state index is 13.5. The average molecular weight is 430 g/mol. The highest BCUT2D eigenvalue weighted by Gasteiger charge is 2.30. The topological polar surface area (TPSA) is 55.2 Å². The van der Waals surface area contributed by atoms with Crippen LogP contribution in [0.15, 0.2) is 30.3 Å². The molecule has 1 aliphatic carbocycles. The smallest absolute Gasteiger partial charge is 0.222 e. The minimum absolute atomic E-state index is 0.118. The van der Waals surface area contributed by atoms with Crippen molar-refractivity contribution in [1.29, 1.82) is 0 Å². The van der Waals surface area contributed by atoms with Crippen LogP contribution in [0.3, 0.4) is 0 Å². The van der Waals surface area contributed by atoms with E-state index in [0.29, 0.717) is 19.4 Å². The van der Waals surface area contributed by atoms with Crippen LogP contribution in [-0.2, 0) is 31.1 Å². The molecule has 2 aromatic carbocycles. The number of rotatable bonds is 5. The highest BCUT2D eigenvalue weighted by Crippen LogP contribution is 2.34. The molecule has 1 aromatic heterocycles. The minimum Gasteiger partial charge on any atom is -0.342 e. The van der Waals surface area contributed by atoms with Gasteiger partial charge in [-0.25, -0.2) is 0 Å². The van der Waals surface area contributed by atoms with E-state index in [9.17, 15) is 9.59 Å². The first kappa shape index (κ1) is 20.9. The van der Waals surface area contributed by atoms with Crippen molar-refractivity contribution in [2.75, 3.05) is 13.1 Å². The number of ketones is 1. The number of piperidine rings is 1. The lowest BCUT2D eigenvalue weighted by atomic mass is 9.87. The molecule has 1 atom stereocenters. The van der Waals surface area contributed by atoms with Gasteiger partial charge < -0.3 is 4.90 Å². The molecule has 0 N–H and O–H groups in total. The van der Waals surface area contributed by atoms with Gasteiger partial charge in [-0.2, -0.15) is 5.10 Å². The molecule has 32 heavy (non-hydrogen) atoms. The number of amides is 1. The van der Waals surface area contributed by atoms with Crippen LogP contribution in [0, 0.1) is 19.8 Å². The lowest BCUT2D eigenvalue weighted by molar-refractivity contribution is -0.132. The molecule has 2 aliphatic rings. The summed E-state index contributed by atoms with van der Waals surface area (Å²) in [6.07, 6.45) is 5.03. The second-order valence-corrected chi connectivity index (χ2v) is 9.43. The molecule has 0 saturated carbocycles. The van der Waals surface area contributed by atoms with E-state index < -0.39 is 0 Å². The van der Waals surface area contributed by atoms with Gasteiger partial charge in [-0.1, -0.05) is 30.3 Å². The molecule has 0 unspecified atom stereocenters. The van der Waals surface area contributed by atoms with E-state index >= 15 is 0 Å². The number of carbonyl (C=O) groups excluding carboxylic acids is 2. The van der Waals surface area contributed by atoms with Gasteiger partial charge in [0, 0.05) is 43.7 Å². The van der Waals surface area contributed by atoms with Crippen molar-refractivity contribution in [2.45, 2.75) is 52.4 Å². The van der Waals surface area contributed by atoms with Gasteiger partial charge in [0.15, 0.2) is 5.78 Å². The van der Waals surface area contributed by atoms with Crippen molar-refractivity contribution < 1.29 is 9.59 Å². The van der Waals surface area contributed by atoms with E-state index in [-0.39, 0.29) is 17.6 Å². The molecule has 1 amide bonds. The maximum absolute atomic E-state index is 13.5. The van der Waals surface area contributed by atoms with Crippen molar-refractivity contribution in [2.24, 2.45) is 13.0 Å². The number of benzene rings is 2. The van der Waals surface area contributed by atoms with Gasteiger partial charge in [-0.3, -0.25) is 14.3 Å². The van der Waals surface area contributed by atoms with E-state index in [1.807, 2.05) is 36.5 Å². The molecular weight excluding hydrogens is 398 g/mol. The fourth-order valence-corrected chi connectivity index (χ4v) is 5.67. The zero-order valence-corrected chi connectivity index (χ0v) is 19.3. The first-order valence-corrected chi connectivity index (χ1v) is 11.8. The van der Waals surface area contributed by atoms with Gasteiger partial charge in [-0.15, -0.1) is 0 Å². The van der Waals surface area contributed by atoms with Crippen molar-refractivity contribution >= 4 is 22.5 Å². The van der Waals surface area contributed by atoms with Crippen LogP contribution in [-0.4, -0.2) is 39.5 Å². The minimum atomic E-state index is -0.118. The lowest BCUT2D eigenvalue weighted by Crippen LogP contribution is -2.42. The Labute approximate surface area is 189 Å². The zero-order chi connectivity index (χ0) is 22.4. The second-order valence-electron chi connectivity index (χ2n) is 9.43. The van der Waals surface area contributed by atoms with E-state index in [2.05, 4.69) is 29.4 Å². The zero-order valence-electron chi connectivity index (χ0n) is 19.3. The number of aryl methyl sites for hydroxylation is 4. The van der Waals surface area contributed by atoms with E-state index in [4.69, 9.17) is 0 Å². The SMILES string of the molecule is Cc1nn(C)c(C)c1CCC(=O)N1CCC[C@@H](C(=O)c2ccc3c4c(cccc24)CC3)C1. The molecule has 0 radical (unpaired) electrons. The molecule has 1 fully saturated rings. The first-order valence-electron chi connectivity index (χ1n) is 11.8. The van der Waals surface area contributed by atoms with Crippen molar-refractivity contribution in [1.82, 2.24) is 14.7 Å². The number of nitrogens with zero attached hydrogens (tertiary/aromatic N) is 3. The number of likely N-dealkylation sites (tertiary alicyclic amines) is 1. The van der Waals surface area contributed by atoms with Gasteiger partial charge >= 0.3 is 0 Å². The van der Waals surface area contributed by atoms with Gasteiger partial charge in [0.05, 0.1) is 5.69 Å². The molecule has 1 saturated heterocycles. The molecular formula is C27H31N3O2. The monoisotopic (exact) mass is 429 g/mol. The van der Waals surface area contributed by atoms with Gasteiger partial charge in [-0.05, 0) is 73.4 Å². The third kappa shape index (κ3) is 3.54. The summed E-state index contributed by atoms with van der Waals surface area (Å²) >= 11 is 0. The van der Waals surface area contributed by atoms with Crippen LogP contribution in [0.4, 0.5) is 0 Å². The average Bonchev–Trinajstić information content (AvgIpc) is 3.33. The summed E-state index contributed by atoms with van der Waals surface area (Å²) in [5.74, 6) is 0.218. The normalized spacial score (nSPS) is 17.8. The molecule has 2 heterocycles. The van der Waals surface area contributed by atoms with E-state index in [0.717, 1.165) is 54.6 Å². The predicted molar refractivity (Wildman–Crippen MR) is 126 cm³/mol. The summed E-state index contributed by atoms with van der Waals surface area (Å²) in [7, 11) is 1.94. The molecule has 3 aromatic rings. The molecule has 0 bridgehead atoms. The summed E-state index contributed by atoms with van der Waals surface area (Å²) in [5, 5.41) is 6.83. The number of Topliss-reactive ketones (excluding diaryl/α,β-unsaturated/α-hetero) is 1. The Bertz CT molecular complexity index is 1210. The Morgan fingerprint density at radius 3 is 2.62 bits per heavy atom. The summed E-state index contributed by atoms with van der Waals surface area (Å²) in [4.78, 5) is 28.5. The van der Waals surface area contributed by atoms with Crippen LogP contribution >= 0.6 is 0 Å². The largest absolute Gasteiger partial charge is 0.342 e. The fraction of sp³-hybridized carbons (Fsp3) is 0.444. The van der Waals surface area contributed by atoms with Crippen molar-refractivity contribution in [3.63, 3.8) is 0 Å². The Morgan fingerprint density at radius 1 is 1.09 bits per heavy atom. The molecule has 5 heteroatoms.